The molecule has 0 aromatic carbocycles. The van der Waals surface area contributed by atoms with Gasteiger partial charge in [0.25, 0.3) is 0 Å². The third-order valence-corrected chi connectivity index (χ3v) is 0. The van der Waals surface area contributed by atoms with Crippen LogP contribution in [0.15, 0.2) is 0 Å². The first-order valence-electron chi connectivity index (χ1n) is 1.33. The first kappa shape index (κ1) is 23.2. The predicted molar refractivity (Wildman–Crippen MR) is 20.9 cm³/mol. The maximum Gasteiger partial charge on any atom is 1.00 e. The molecule has 0 aliphatic heterocycles. The van der Waals surface area contributed by atoms with Crippen molar-refractivity contribution in [2.45, 2.75) is 0 Å². The Morgan fingerprint density at radius 1 is 0.667 bits per heavy atom. The van der Waals surface area contributed by atoms with Crippen LogP contribution in [-0.4, -0.2) is 35.0 Å². The average molecular weight is 279 g/mol. The van der Waals surface area contributed by atoms with Gasteiger partial charge in [-0.25, -0.2) is 0 Å². The molecule has 0 saturated carbocycles. The molecule has 0 atom stereocenters. The summed E-state index contributed by atoms with van der Waals surface area (Å²) in [7, 11) is -10.3. The Labute approximate surface area is 102 Å². The molecule has 0 fully saturated rings. The van der Waals surface area contributed by atoms with E-state index in [2.05, 4.69) is 0 Å². The van der Waals surface area contributed by atoms with Crippen molar-refractivity contribution < 1.29 is 81.7 Å². The van der Waals surface area contributed by atoms with Crippen LogP contribution >= 0.6 is 0 Å². The molecule has 8 nitrogen and oxygen atoms in total. The van der Waals surface area contributed by atoms with Crippen molar-refractivity contribution in [3.63, 3.8) is 0 Å². The van der Waals surface area contributed by atoms with Gasteiger partial charge in [0, 0.05) is 20.8 Å². The van der Waals surface area contributed by atoms with Crippen molar-refractivity contribution in [2.75, 3.05) is 0 Å². The molecule has 12 heteroatoms. The Kier molecular flexibility index (Phi) is 17.1. The summed E-state index contributed by atoms with van der Waals surface area (Å²) in [6, 6.07) is 0. The average Bonchev–Trinajstić information content (AvgIpc) is 1.12. The van der Waals surface area contributed by atoms with E-state index >= 15 is 0 Å². The summed E-state index contributed by atoms with van der Waals surface area (Å²) in [5, 5.41) is 0. The van der Waals surface area contributed by atoms with Crippen LogP contribution in [0.3, 0.4) is 0 Å². The van der Waals surface area contributed by atoms with Gasteiger partial charge in [0.1, 0.15) is 0 Å². The molecular formula is CuNaO8S2-2. The first-order chi connectivity index (χ1) is 4.00. The van der Waals surface area contributed by atoms with Gasteiger partial charge in [0.05, 0.1) is 0 Å². The summed E-state index contributed by atoms with van der Waals surface area (Å²) in [5.74, 6) is 0. The fraction of sp³-hybridized carbons (Fsp3) is 0. The van der Waals surface area contributed by atoms with Gasteiger partial charge in [0.15, 0.2) is 0 Å². The molecule has 0 aromatic heterocycles. The Morgan fingerprint density at radius 3 is 0.667 bits per heavy atom. The largest absolute Gasteiger partial charge is 1.00 e. The smallest absolute Gasteiger partial charge is 0.759 e. The third kappa shape index (κ3) is 747. The van der Waals surface area contributed by atoms with Gasteiger partial charge in [-0.15, -0.1) is 0 Å². The minimum atomic E-state index is -5.17. The molecular weight excluding hydrogens is 279 g/mol. The van der Waals surface area contributed by atoms with Crippen molar-refractivity contribution in [2.24, 2.45) is 0 Å². The van der Waals surface area contributed by atoms with Crippen LogP contribution in [-0.2, 0) is 37.9 Å². The molecule has 0 aromatic rings. The van der Waals surface area contributed by atoms with E-state index in [4.69, 9.17) is 35.0 Å². The molecule has 0 N–H and O–H groups in total. The molecule has 0 radical (unpaired) electrons. The zero-order valence-electron chi connectivity index (χ0n) is 5.38. The number of rotatable bonds is 0. The van der Waals surface area contributed by atoms with Gasteiger partial charge in [0.2, 0.25) is 0 Å². The van der Waals surface area contributed by atoms with Crippen molar-refractivity contribution in [1.82, 2.24) is 0 Å². The summed E-state index contributed by atoms with van der Waals surface area (Å²) in [6.07, 6.45) is 0. The summed E-state index contributed by atoms with van der Waals surface area (Å²) < 4.78 is 68.2. The molecule has 12 heavy (non-hydrogen) atoms. The van der Waals surface area contributed by atoms with Crippen LogP contribution in [0.4, 0.5) is 0 Å². The quantitative estimate of drug-likeness (QED) is 0.240. The van der Waals surface area contributed by atoms with E-state index in [9.17, 15) is 0 Å². The van der Waals surface area contributed by atoms with Gasteiger partial charge in [-0.2, -0.15) is 0 Å². The van der Waals surface area contributed by atoms with Gasteiger partial charge < -0.3 is 18.2 Å². The van der Waals surface area contributed by atoms with Crippen molar-refractivity contribution >= 4 is 20.8 Å². The van der Waals surface area contributed by atoms with Crippen LogP contribution in [0, 0.1) is 0 Å². The van der Waals surface area contributed by atoms with E-state index in [1.165, 1.54) is 0 Å². The standard InChI is InChI=1S/Cu.Na.2H2O4S/c;;2*1-5(2,3)4/h;;2*(H2,1,2,3,4)/q2*+1;;/p-4. The van der Waals surface area contributed by atoms with Gasteiger partial charge in [-0.3, -0.25) is 16.8 Å². The zero-order valence-corrected chi connectivity index (χ0v) is 9.96. The minimum absolute atomic E-state index is 0. The summed E-state index contributed by atoms with van der Waals surface area (Å²) in [6.45, 7) is 0. The van der Waals surface area contributed by atoms with Crippen molar-refractivity contribution in [3.05, 3.63) is 0 Å². The molecule has 0 unspecified atom stereocenters. The Hall–Kier alpha value is 1.26. The van der Waals surface area contributed by atoms with E-state index in [1.807, 2.05) is 0 Å². The number of hydrogen-bond donors (Lipinski definition) is 0. The maximum atomic E-state index is 8.52. The van der Waals surface area contributed by atoms with E-state index in [1.54, 1.807) is 0 Å². The molecule has 0 bridgehead atoms. The molecule has 0 spiro atoms. The topological polar surface area (TPSA) is 161 Å². The SMILES string of the molecule is O=S(=O)([O-])[O-].O=S(=O)([O-])[O-].[Cu+].[Na+]. The van der Waals surface area contributed by atoms with E-state index in [-0.39, 0.29) is 46.6 Å². The fourth-order valence-electron chi connectivity index (χ4n) is 0. The number of hydrogen-bond acceptors (Lipinski definition) is 8. The molecule has 0 rings (SSSR count). The van der Waals surface area contributed by atoms with Crippen LogP contribution in [0.25, 0.3) is 0 Å². The first-order valence-corrected chi connectivity index (χ1v) is 4.00. The molecule has 0 saturated heterocycles. The molecule has 74 valence electrons. The summed E-state index contributed by atoms with van der Waals surface area (Å²) in [5.41, 5.74) is 0. The van der Waals surface area contributed by atoms with E-state index < -0.39 is 20.8 Å². The van der Waals surface area contributed by atoms with Crippen molar-refractivity contribution in [3.8, 4) is 0 Å². The Morgan fingerprint density at radius 2 is 0.667 bits per heavy atom. The molecule has 0 aliphatic rings. The summed E-state index contributed by atoms with van der Waals surface area (Å²) in [4.78, 5) is 0. The Bertz CT molecular complexity index is 213. The van der Waals surface area contributed by atoms with Crippen LogP contribution in [0.1, 0.15) is 0 Å². The second kappa shape index (κ2) is 8.84. The monoisotopic (exact) mass is 278 g/mol. The summed E-state index contributed by atoms with van der Waals surface area (Å²) >= 11 is 0. The fourth-order valence-corrected chi connectivity index (χ4v) is 0. The normalized spacial score (nSPS) is 9.67. The van der Waals surface area contributed by atoms with Gasteiger partial charge in [-0.05, 0) is 0 Å². The van der Waals surface area contributed by atoms with Crippen molar-refractivity contribution in [1.29, 1.82) is 0 Å². The predicted octanol–water partition coefficient (Wildman–Crippen LogP) is -5.67. The van der Waals surface area contributed by atoms with Gasteiger partial charge in [-0.1, -0.05) is 0 Å². The molecule has 0 aliphatic carbocycles. The third-order valence-electron chi connectivity index (χ3n) is 0. The second-order valence-corrected chi connectivity index (χ2v) is 2.45. The van der Waals surface area contributed by atoms with Crippen LogP contribution in [0.5, 0.6) is 0 Å². The van der Waals surface area contributed by atoms with E-state index in [0.29, 0.717) is 0 Å². The maximum absolute atomic E-state index is 8.52. The Balaban J connectivity index is -0.0000000457. The molecule has 0 amide bonds. The van der Waals surface area contributed by atoms with Crippen LogP contribution < -0.4 is 29.6 Å². The molecule has 0 heterocycles. The second-order valence-electron chi connectivity index (χ2n) is 0.816. The van der Waals surface area contributed by atoms with E-state index in [0.717, 1.165) is 0 Å². The minimum Gasteiger partial charge on any atom is -0.759 e. The van der Waals surface area contributed by atoms with Crippen LogP contribution in [0.2, 0.25) is 0 Å². The zero-order chi connectivity index (χ0) is 9.00. The van der Waals surface area contributed by atoms with Gasteiger partial charge >= 0.3 is 46.6 Å².